The van der Waals surface area contributed by atoms with Crippen molar-refractivity contribution in [2.24, 2.45) is 5.92 Å². The summed E-state index contributed by atoms with van der Waals surface area (Å²) in [6.07, 6.45) is 2.01. The molecule has 0 saturated heterocycles. The summed E-state index contributed by atoms with van der Waals surface area (Å²) in [5, 5.41) is 5.45. The Morgan fingerprint density at radius 1 is 1.10 bits per heavy atom. The number of carbonyl (C=O) groups excluding carboxylic acids is 3. The summed E-state index contributed by atoms with van der Waals surface area (Å²) in [5.41, 5.74) is 1.82. The molecule has 0 fully saturated rings. The summed E-state index contributed by atoms with van der Waals surface area (Å²) in [7, 11) is -3.90. The first-order valence-electron chi connectivity index (χ1n) is 13.3. The van der Waals surface area contributed by atoms with E-state index in [1.54, 1.807) is 4.90 Å². The second-order valence-corrected chi connectivity index (χ2v) is 12.4. The maximum atomic E-state index is 13.2. The average molecular weight is 595 g/mol. The molecule has 40 heavy (non-hydrogen) atoms. The summed E-state index contributed by atoms with van der Waals surface area (Å²) >= 11 is 5.85. The zero-order chi connectivity index (χ0) is 29.4. The number of anilines is 1. The number of halogens is 2. The van der Waals surface area contributed by atoms with E-state index in [2.05, 4.69) is 15.4 Å². The minimum atomic E-state index is -3.90. The molecule has 0 saturated carbocycles. The number of rotatable bonds is 13. The highest BCUT2D eigenvalue weighted by Crippen LogP contribution is 2.33. The lowest BCUT2D eigenvalue weighted by Gasteiger charge is -2.25. The van der Waals surface area contributed by atoms with Crippen molar-refractivity contribution in [2.75, 3.05) is 18.0 Å². The molecule has 3 N–H and O–H groups in total. The predicted octanol–water partition coefficient (Wildman–Crippen LogP) is 3.55. The van der Waals surface area contributed by atoms with Crippen molar-refractivity contribution in [3.8, 4) is 0 Å². The molecular formula is C28H36ClFN4O5S. The van der Waals surface area contributed by atoms with Crippen LogP contribution >= 0.6 is 11.6 Å². The number of fused-ring (bicyclic) bond motifs is 1. The van der Waals surface area contributed by atoms with Gasteiger partial charge >= 0.3 is 0 Å². The van der Waals surface area contributed by atoms with Gasteiger partial charge in [-0.05, 0) is 61.4 Å². The van der Waals surface area contributed by atoms with E-state index in [0.717, 1.165) is 29.4 Å². The number of sulfonamides is 1. The van der Waals surface area contributed by atoms with Gasteiger partial charge in [-0.15, -0.1) is 0 Å². The molecule has 12 heteroatoms. The first-order chi connectivity index (χ1) is 18.9. The van der Waals surface area contributed by atoms with E-state index in [4.69, 9.17) is 11.6 Å². The third-order valence-electron chi connectivity index (χ3n) is 6.57. The minimum Gasteiger partial charge on any atom is -0.354 e. The molecule has 2 aromatic rings. The lowest BCUT2D eigenvalue weighted by atomic mass is 10.0. The quantitative estimate of drug-likeness (QED) is 0.306. The molecule has 0 aromatic heterocycles. The first kappa shape index (κ1) is 31.5. The number of unbranched alkanes of at least 4 members (excludes halogenated alkanes) is 1. The zero-order valence-corrected chi connectivity index (χ0v) is 24.4. The Kier molecular flexibility index (Phi) is 11.1. The molecule has 3 rings (SSSR count). The van der Waals surface area contributed by atoms with Gasteiger partial charge in [-0.3, -0.25) is 14.4 Å². The molecular weight excluding hydrogens is 559 g/mol. The largest absolute Gasteiger partial charge is 0.354 e. The lowest BCUT2D eigenvalue weighted by molar-refractivity contribution is -0.129. The highest BCUT2D eigenvalue weighted by Gasteiger charge is 2.34. The number of para-hydroxylation sites is 1. The van der Waals surface area contributed by atoms with Crippen molar-refractivity contribution in [3.63, 3.8) is 0 Å². The number of hydrogen-bond acceptors (Lipinski definition) is 5. The van der Waals surface area contributed by atoms with E-state index in [9.17, 15) is 27.2 Å². The Morgan fingerprint density at radius 3 is 2.48 bits per heavy atom. The molecule has 1 heterocycles. The van der Waals surface area contributed by atoms with Crippen molar-refractivity contribution >= 4 is 45.0 Å². The van der Waals surface area contributed by atoms with Gasteiger partial charge in [-0.2, -0.15) is 0 Å². The molecule has 2 atom stereocenters. The highest BCUT2D eigenvalue weighted by molar-refractivity contribution is 7.89. The Bertz CT molecular complexity index is 1340. The van der Waals surface area contributed by atoms with Gasteiger partial charge in [-0.1, -0.05) is 43.6 Å². The predicted molar refractivity (Wildman–Crippen MR) is 152 cm³/mol. The molecule has 1 unspecified atom stereocenters. The fraction of sp³-hybridized carbons (Fsp3) is 0.464. The molecule has 1 aliphatic rings. The Balaban J connectivity index is 1.47. The molecule has 218 valence electrons. The van der Waals surface area contributed by atoms with E-state index >= 15 is 0 Å². The fourth-order valence-corrected chi connectivity index (χ4v) is 6.39. The molecule has 0 aliphatic carbocycles. The van der Waals surface area contributed by atoms with Crippen LogP contribution in [0.2, 0.25) is 5.02 Å². The third-order valence-corrected chi connectivity index (χ3v) is 8.51. The van der Waals surface area contributed by atoms with Crippen molar-refractivity contribution in [1.82, 2.24) is 15.4 Å². The molecule has 1 aliphatic heterocycles. The van der Waals surface area contributed by atoms with Crippen LogP contribution in [0.1, 0.15) is 52.0 Å². The molecule has 9 nitrogen and oxygen atoms in total. The first-order valence-corrected chi connectivity index (χ1v) is 15.1. The summed E-state index contributed by atoms with van der Waals surface area (Å²) in [5.74, 6) is -1.25. The van der Waals surface area contributed by atoms with E-state index in [1.807, 2.05) is 38.1 Å². The van der Waals surface area contributed by atoms with Gasteiger partial charge < -0.3 is 15.5 Å². The van der Waals surface area contributed by atoms with Crippen LogP contribution in [0, 0.1) is 11.7 Å². The monoisotopic (exact) mass is 594 g/mol. The smallest absolute Gasteiger partial charge is 0.242 e. The zero-order valence-electron chi connectivity index (χ0n) is 22.9. The van der Waals surface area contributed by atoms with Gasteiger partial charge in [0.1, 0.15) is 16.8 Å². The normalized spacial score (nSPS) is 15.6. The molecule has 2 aromatic carbocycles. The number of carbonyl (C=O) groups is 3. The number of benzene rings is 2. The van der Waals surface area contributed by atoms with Crippen LogP contribution in [-0.2, 0) is 30.8 Å². The van der Waals surface area contributed by atoms with Crippen molar-refractivity contribution in [2.45, 2.75) is 69.9 Å². The number of nitrogens with one attached hydrogen (secondary N) is 3. The molecule has 0 radical (unpaired) electrons. The maximum Gasteiger partial charge on any atom is 0.242 e. The van der Waals surface area contributed by atoms with Crippen LogP contribution in [0.3, 0.4) is 0 Å². The van der Waals surface area contributed by atoms with Crippen LogP contribution in [0.5, 0.6) is 0 Å². The minimum absolute atomic E-state index is 0.0777. The van der Waals surface area contributed by atoms with E-state index in [-0.39, 0.29) is 52.6 Å². The van der Waals surface area contributed by atoms with Crippen molar-refractivity contribution < 1.29 is 27.2 Å². The van der Waals surface area contributed by atoms with Gasteiger partial charge in [0, 0.05) is 38.2 Å². The van der Waals surface area contributed by atoms with Gasteiger partial charge in [0.05, 0.1) is 5.02 Å². The van der Waals surface area contributed by atoms with Gasteiger partial charge in [-0.25, -0.2) is 17.5 Å². The van der Waals surface area contributed by atoms with Crippen molar-refractivity contribution in [3.05, 3.63) is 58.9 Å². The second kappa shape index (κ2) is 14.0. The second-order valence-electron chi connectivity index (χ2n) is 10.3. The Hall–Kier alpha value is -3.02. The van der Waals surface area contributed by atoms with E-state index in [1.165, 1.54) is 6.92 Å². The highest BCUT2D eigenvalue weighted by atomic mass is 35.5. The van der Waals surface area contributed by atoms with Gasteiger partial charge in [0.15, 0.2) is 0 Å². The number of nitrogens with zero attached hydrogens (tertiary/aromatic N) is 1. The van der Waals surface area contributed by atoms with Crippen LogP contribution in [0.25, 0.3) is 0 Å². The van der Waals surface area contributed by atoms with Gasteiger partial charge in [0.2, 0.25) is 27.7 Å². The average Bonchev–Trinajstić information content (AvgIpc) is 3.22. The SMILES string of the molecule is CC(=O)N1c2ccccc2CC1CC(=O)N[C@@H](CC(C)C)C(=O)NCCCCNS(=O)(=O)c1ccc(F)cc1Cl. The van der Waals surface area contributed by atoms with Gasteiger partial charge in [0.25, 0.3) is 0 Å². The molecule has 0 bridgehead atoms. The lowest BCUT2D eigenvalue weighted by Crippen LogP contribution is -2.49. The summed E-state index contributed by atoms with van der Waals surface area (Å²) in [6, 6.07) is 9.58. The fourth-order valence-electron chi connectivity index (χ4n) is 4.78. The van der Waals surface area contributed by atoms with Crippen molar-refractivity contribution in [1.29, 1.82) is 0 Å². The number of hydrogen-bond donors (Lipinski definition) is 3. The van der Waals surface area contributed by atoms with Crippen LogP contribution in [0.4, 0.5) is 10.1 Å². The molecule has 3 amide bonds. The summed E-state index contributed by atoms with van der Waals surface area (Å²) < 4.78 is 40.4. The Labute approximate surface area is 239 Å². The standard InChI is InChI=1S/C28H36ClFN4O5S/c1-18(2)14-24(33-27(36)17-22-15-20-8-4-5-9-25(20)34(22)19(3)35)28(37)31-12-6-7-13-32-40(38,39)26-11-10-21(30)16-23(26)29/h4-5,8-11,16,18,22,24,32H,6-7,12-15,17H2,1-3H3,(H,31,37)(H,33,36)/t22?,24-/m0/s1. The van der Waals surface area contributed by atoms with Crippen LogP contribution in [-0.4, -0.2) is 51.3 Å². The van der Waals surface area contributed by atoms with E-state index in [0.29, 0.717) is 32.2 Å². The summed E-state index contributed by atoms with van der Waals surface area (Å²) in [4.78, 5) is 39.6. The summed E-state index contributed by atoms with van der Waals surface area (Å²) in [6.45, 7) is 5.78. The van der Waals surface area contributed by atoms with E-state index < -0.39 is 21.9 Å². The number of amides is 3. The maximum absolute atomic E-state index is 13.2. The Morgan fingerprint density at radius 2 is 1.80 bits per heavy atom. The van der Waals surface area contributed by atoms with Crippen LogP contribution < -0.4 is 20.3 Å². The third kappa shape index (κ3) is 8.49. The van der Waals surface area contributed by atoms with Crippen LogP contribution in [0.15, 0.2) is 47.4 Å². The topological polar surface area (TPSA) is 125 Å². The molecule has 0 spiro atoms.